The number of unbranched alkanes of at least 4 members (excludes halogenated alkanes) is 2. The number of hydrogen-bond donors (Lipinski definition) is 0. The second-order valence-electron chi connectivity index (χ2n) is 7.12. The van der Waals surface area contributed by atoms with Crippen LogP contribution >= 0.6 is 11.6 Å². The number of rotatable bonds is 9. The molecule has 0 spiro atoms. The first-order chi connectivity index (χ1) is 13.1. The second kappa shape index (κ2) is 9.23. The van der Waals surface area contributed by atoms with Crippen LogP contribution in [0.5, 0.6) is 5.75 Å². The van der Waals surface area contributed by atoms with Crippen LogP contribution in [0.25, 0.3) is 11.0 Å². The maximum absolute atomic E-state index is 5.95. The Hall–Kier alpha value is -2.07. The van der Waals surface area contributed by atoms with Gasteiger partial charge in [-0.1, -0.05) is 31.5 Å². The summed E-state index contributed by atoms with van der Waals surface area (Å²) in [5.41, 5.74) is 5.49. The van der Waals surface area contributed by atoms with Crippen LogP contribution in [0.3, 0.4) is 0 Å². The third kappa shape index (κ3) is 4.62. The van der Waals surface area contributed by atoms with E-state index in [0.717, 1.165) is 54.3 Å². The molecule has 2 heterocycles. The summed E-state index contributed by atoms with van der Waals surface area (Å²) in [6, 6.07) is 9.92. The van der Waals surface area contributed by atoms with Crippen molar-refractivity contribution in [1.82, 2.24) is 14.5 Å². The van der Waals surface area contributed by atoms with Gasteiger partial charge in [-0.3, -0.25) is 4.98 Å². The minimum Gasteiger partial charge on any atom is -0.493 e. The summed E-state index contributed by atoms with van der Waals surface area (Å²) in [7, 11) is 0. The SMILES string of the molecule is Cc1nc(C(C)COc2ccccc2)c2ncn(CCCCCCl)c2c1C. The minimum atomic E-state index is 0.159. The third-order valence-electron chi connectivity index (χ3n) is 5.01. The highest BCUT2D eigenvalue weighted by Crippen LogP contribution is 2.28. The minimum absolute atomic E-state index is 0.159. The average Bonchev–Trinajstić information content (AvgIpc) is 3.11. The van der Waals surface area contributed by atoms with Crippen molar-refractivity contribution in [3.8, 4) is 5.75 Å². The Morgan fingerprint density at radius 3 is 2.63 bits per heavy atom. The van der Waals surface area contributed by atoms with Gasteiger partial charge in [0, 0.05) is 24.0 Å². The largest absolute Gasteiger partial charge is 0.493 e. The molecule has 0 aliphatic rings. The van der Waals surface area contributed by atoms with E-state index in [-0.39, 0.29) is 5.92 Å². The van der Waals surface area contributed by atoms with Crippen LogP contribution in [-0.2, 0) is 6.54 Å². The molecule has 4 nitrogen and oxygen atoms in total. The number of aryl methyl sites for hydroxylation is 3. The number of fused-ring (bicyclic) bond motifs is 1. The van der Waals surface area contributed by atoms with Crippen LogP contribution < -0.4 is 4.74 Å². The molecule has 2 aromatic heterocycles. The fourth-order valence-electron chi connectivity index (χ4n) is 3.34. The van der Waals surface area contributed by atoms with Crippen molar-refractivity contribution in [1.29, 1.82) is 0 Å². The summed E-state index contributed by atoms with van der Waals surface area (Å²) < 4.78 is 8.22. The van der Waals surface area contributed by atoms with E-state index >= 15 is 0 Å². The van der Waals surface area contributed by atoms with Gasteiger partial charge in [-0.25, -0.2) is 4.98 Å². The summed E-state index contributed by atoms with van der Waals surface area (Å²) in [6.07, 6.45) is 5.27. The molecule has 0 N–H and O–H groups in total. The van der Waals surface area contributed by atoms with Gasteiger partial charge in [0.05, 0.1) is 24.1 Å². The van der Waals surface area contributed by atoms with Crippen LogP contribution in [0.1, 0.15) is 49.1 Å². The topological polar surface area (TPSA) is 39.9 Å². The van der Waals surface area contributed by atoms with Crippen molar-refractivity contribution in [3.05, 3.63) is 53.6 Å². The summed E-state index contributed by atoms with van der Waals surface area (Å²) >= 11 is 5.79. The van der Waals surface area contributed by atoms with Gasteiger partial charge in [0.15, 0.2) is 0 Å². The number of hydrogen-bond acceptors (Lipinski definition) is 3. The highest BCUT2D eigenvalue weighted by atomic mass is 35.5. The van der Waals surface area contributed by atoms with E-state index in [1.807, 2.05) is 36.7 Å². The number of benzene rings is 1. The lowest BCUT2D eigenvalue weighted by molar-refractivity contribution is 0.294. The Morgan fingerprint density at radius 1 is 1.11 bits per heavy atom. The summed E-state index contributed by atoms with van der Waals surface area (Å²) in [5.74, 6) is 1.77. The number of pyridine rings is 1. The monoisotopic (exact) mass is 385 g/mol. The van der Waals surface area contributed by atoms with E-state index < -0.39 is 0 Å². The molecule has 1 aromatic carbocycles. The van der Waals surface area contributed by atoms with E-state index in [0.29, 0.717) is 6.61 Å². The standard InChI is InChI=1S/C22H28ClN3O/c1-16(14-27-19-10-6-4-7-11-19)20-21-22(17(2)18(3)25-20)26(15-24-21)13-9-5-8-12-23/h4,6-7,10-11,15-16H,5,8-9,12-14H2,1-3H3. The van der Waals surface area contributed by atoms with Crippen molar-refractivity contribution in [2.75, 3.05) is 12.5 Å². The van der Waals surface area contributed by atoms with Gasteiger partial charge in [0.2, 0.25) is 0 Å². The van der Waals surface area contributed by atoms with Gasteiger partial charge >= 0.3 is 0 Å². The number of aromatic nitrogens is 3. The Labute approximate surface area is 166 Å². The van der Waals surface area contributed by atoms with Gasteiger partial charge < -0.3 is 9.30 Å². The number of alkyl halides is 1. The fourth-order valence-corrected chi connectivity index (χ4v) is 3.52. The molecule has 1 atom stereocenters. The molecule has 144 valence electrons. The number of imidazole rings is 1. The zero-order valence-electron chi connectivity index (χ0n) is 16.4. The van der Waals surface area contributed by atoms with Crippen molar-refractivity contribution >= 4 is 22.6 Å². The predicted octanol–water partition coefficient (Wildman–Crippen LogP) is 5.64. The predicted molar refractivity (Wildman–Crippen MR) is 112 cm³/mol. The van der Waals surface area contributed by atoms with Crippen LogP contribution in [0, 0.1) is 13.8 Å². The van der Waals surface area contributed by atoms with Gasteiger partial charge in [-0.05, 0) is 44.4 Å². The molecule has 0 amide bonds. The van der Waals surface area contributed by atoms with Gasteiger partial charge in [0.1, 0.15) is 11.3 Å². The molecule has 0 saturated carbocycles. The maximum atomic E-state index is 5.95. The first kappa shape index (κ1) is 19.7. The highest BCUT2D eigenvalue weighted by Gasteiger charge is 2.19. The third-order valence-corrected chi connectivity index (χ3v) is 5.28. The lowest BCUT2D eigenvalue weighted by Gasteiger charge is -2.16. The van der Waals surface area contributed by atoms with E-state index in [1.54, 1.807) is 0 Å². The molecule has 5 heteroatoms. The molecular weight excluding hydrogens is 358 g/mol. The van der Waals surface area contributed by atoms with Crippen LogP contribution in [0.2, 0.25) is 0 Å². The zero-order valence-corrected chi connectivity index (χ0v) is 17.2. The Morgan fingerprint density at radius 2 is 1.89 bits per heavy atom. The molecule has 1 unspecified atom stereocenters. The number of nitrogens with zero attached hydrogens (tertiary/aromatic N) is 3. The van der Waals surface area contributed by atoms with E-state index in [9.17, 15) is 0 Å². The molecular formula is C22H28ClN3O. The van der Waals surface area contributed by atoms with Crippen molar-refractivity contribution in [2.24, 2.45) is 0 Å². The molecule has 0 saturated heterocycles. The van der Waals surface area contributed by atoms with Crippen LogP contribution in [0.4, 0.5) is 0 Å². The number of para-hydroxylation sites is 1. The van der Waals surface area contributed by atoms with Crippen molar-refractivity contribution in [3.63, 3.8) is 0 Å². The normalized spacial score (nSPS) is 12.4. The smallest absolute Gasteiger partial charge is 0.119 e. The molecule has 0 aliphatic carbocycles. The second-order valence-corrected chi connectivity index (χ2v) is 7.50. The molecule has 0 aliphatic heterocycles. The molecule has 0 bridgehead atoms. The van der Waals surface area contributed by atoms with Crippen molar-refractivity contribution < 1.29 is 4.74 Å². The van der Waals surface area contributed by atoms with E-state index in [1.165, 1.54) is 11.1 Å². The number of halogens is 1. The van der Waals surface area contributed by atoms with Gasteiger partial charge in [0.25, 0.3) is 0 Å². The highest BCUT2D eigenvalue weighted by molar-refractivity contribution is 6.17. The first-order valence-electron chi connectivity index (χ1n) is 9.67. The quantitative estimate of drug-likeness (QED) is 0.353. The Balaban J connectivity index is 1.82. The zero-order chi connectivity index (χ0) is 19.2. The Bertz CT molecular complexity index is 876. The summed E-state index contributed by atoms with van der Waals surface area (Å²) in [6.45, 7) is 7.91. The first-order valence-corrected chi connectivity index (χ1v) is 10.2. The lowest BCUT2D eigenvalue weighted by atomic mass is 10.0. The molecule has 3 rings (SSSR count). The molecule has 27 heavy (non-hydrogen) atoms. The molecule has 3 aromatic rings. The van der Waals surface area contributed by atoms with Gasteiger partial charge in [-0.15, -0.1) is 11.6 Å². The van der Waals surface area contributed by atoms with Crippen molar-refractivity contribution in [2.45, 2.75) is 52.5 Å². The summed E-state index contributed by atoms with van der Waals surface area (Å²) in [5, 5.41) is 0. The van der Waals surface area contributed by atoms with E-state index in [2.05, 4.69) is 25.3 Å². The molecule has 0 fully saturated rings. The van der Waals surface area contributed by atoms with E-state index in [4.69, 9.17) is 26.3 Å². The van der Waals surface area contributed by atoms with Crippen LogP contribution in [-0.4, -0.2) is 27.0 Å². The summed E-state index contributed by atoms with van der Waals surface area (Å²) in [4.78, 5) is 9.58. The lowest BCUT2D eigenvalue weighted by Crippen LogP contribution is -2.11. The molecule has 0 radical (unpaired) electrons. The van der Waals surface area contributed by atoms with Crippen LogP contribution in [0.15, 0.2) is 36.7 Å². The number of ether oxygens (including phenoxy) is 1. The maximum Gasteiger partial charge on any atom is 0.119 e. The fraction of sp³-hybridized carbons (Fsp3) is 0.455. The average molecular weight is 386 g/mol. The Kier molecular flexibility index (Phi) is 6.73. The van der Waals surface area contributed by atoms with Gasteiger partial charge in [-0.2, -0.15) is 0 Å².